The monoisotopic (exact) mass is 252 g/mol. The van der Waals surface area contributed by atoms with Crippen LogP contribution in [0, 0.1) is 6.92 Å². The first kappa shape index (κ1) is 13.0. The summed E-state index contributed by atoms with van der Waals surface area (Å²) in [6.07, 6.45) is 3.23. The summed E-state index contributed by atoms with van der Waals surface area (Å²) >= 11 is 0. The van der Waals surface area contributed by atoms with Gasteiger partial charge in [0.2, 0.25) is 5.89 Å². The highest BCUT2D eigenvalue weighted by Crippen LogP contribution is 2.10. The zero-order valence-corrected chi connectivity index (χ0v) is 11.0. The maximum atomic E-state index is 12.2. The fourth-order valence-electron chi connectivity index (χ4n) is 2.25. The number of nitrogens with zero attached hydrogens (tertiary/aromatic N) is 3. The van der Waals surface area contributed by atoms with E-state index in [0.717, 1.165) is 32.5 Å². The molecular weight excluding hydrogens is 232 g/mol. The smallest absolute Gasteiger partial charge is 0.295 e. The summed E-state index contributed by atoms with van der Waals surface area (Å²) in [4.78, 5) is 18.1. The van der Waals surface area contributed by atoms with E-state index in [1.54, 1.807) is 6.92 Å². The summed E-state index contributed by atoms with van der Waals surface area (Å²) in [6, 6.07) is 0.397. The molecule has 1 unspecified atom stereocenters. The van der Waals surface area contributed by atoms with Crippen LogP contribution in [0.3, 0.4) is 0 Å². The average Bonchev–Trinajstić information content (AvgIpc) is 2.99. The van der Waals surface area contributed by atoms with E-state index in [4.69, 9.17) is 4.52 Å². The second-order valence-corrected chi connectivity index (χ2v) is 4.68. The molecule has 0 spiro atoms. The Bertz CT molecular complexity index is 399. The highest BCUT2D eigenvalue weighted by molar-refractivity contribution is 5.90. The van der Waals surface area contributed by atoms with Gasteiger partial charge in [0, 0.05) is 26.1 Å². The minimum Gasteiger partial charge on any atom is -0.339 e. The molecule has 2 heterocycles. The van der Waals surface area contributed by atoms with Crippen molar-refractivity contribution in [3.63, 3.8) is 0 Å². The van der Waals surface area contributed by atoms with Gasteiger partial charge in [0.1, 0.15) is 0 Å². The highest BCUT2D eigenvalue weighted by atomic mass is 16.5. The van der Waals surface area contributed by atoms with Crippen LogP contribution in [0.4, 0.5) is 0 Å². The fraction of sp³-hybridized carbons (Fsp3) is 0.750. The van der Waals surface area contributed by atoms with Crippen molar-refractivity contribution in [2.45, 2.75) is 39.2 Å². The van der Waals surface area contributed by atoms with Crippen LogP contribution in [0.25, 0.3) is 0 Å². The number of hydrogen-bond donors (Lipinski definition) is 1. The van der Waals surface area contributed by atoms with Gasteiger partial charge in [-0.15, -0.1) is 0 Å². The molecule has 18 heavy (non-hydrogen) atoms. The number of aryl methyl sites for hydroxylation is 1. The van der Waals surface area contributed by atoms with Crippen LogP contribution in [-0.2, 0) is 0 Å². The fourth-order valence-corrected chi connectivity index (χ4v) is 2.25. The molecule has 1 N–H and O–H groups in total. The van der Waals surface area contributed by atoms with Gasteiger partial charge in [-0.05, 0) is 25.8 Å². The molecule has 0 aromatic carbocycles. The van der Waals surface area contributed by atoms with Gasteiger partial charge in [-0.3, -0.25) is 4.79 Å². The van der Waals surface area contributed by atoms with Gasteiger partial charge in [0.25, 0.3) is 11.7 Å². The third kappa shape index (κ3) is 3.07. The topological polar surface area (TPSA) is 71.3 Å². The van der Waals surface area contributed by atoms with Gasteiger partial charge in [-0.2, -0.15) is 4.98 Å². The lowest BCUT2D eigenvalue weighted by Crippen LogP contribution is -2.41. The summed E-state index contributed by atoms with van der Waals surface area (Å²) in [5.41, 5.74) is 0. The molecule has 100 valence electrons. The molecule has 1 atom stereocenters. The van der Waals surface area contributed by atoms with Crippen LogP contribution >= 0.6 is 0 Å². The van der Waals surface area contributed by atoms with E-state index >= 15 is 0 Å². The van der Waals surface area contributed by atoms with Gasteiger partial charge < -0.3 is 14.7 Å². The first-order valence-electron chi connectivity index (χ1n) is 6.53. The molecule has 0 saturated carbocycles. The van der Waals surface area contributed by atoms with Crippen molar-refractivity contribution in [3.8, 4) is 0 Å². The number of carbonyl (C=O) groups is 1. The van der Waals surface area contributed by atoms with E-state index in [-0.39, 0.29) is 11.7 Å². The van der Waals surface area contributed by atoms with Gasteiger partial charge in [0.15, 0.2) is 0 Å². The SMILES string of the molecule is CCCN(CC1CCCN1)C(=O)c1noc(C)n1. The Morgan fingerprint density at radius 1 is 1.61 bits per heavy atom. The number of hydrogen-bond acceptors (Lipinski definition) is 5. The van der Waals surface area contributed by atoms with E-state index in [2.05, 4.69) is 22.4 Å². The molecular formula is C12H20N4O2. The van der Waals surface area contributed by atoms with Crippen molar-refractivity contribution in [3.05, 3.63) is 11.7 Å². The van der Waals surface area contributed by atoms with Gasteiger partial charge >= 0.3 is 0 Å². The summed E-state index contributed by atoms with van der Waals surface area (Å²) in [6.45, 7) is 6.24. The zero-order chi connectivity index (χ0) is 13.0. The Kier molecular flexibility index (Phi) is 4.30. The van der Waals surface area contributed by atoms with Crippen molar-refractivity contribution in [2.24, 2.45) is 0 Å². The highest BCUT2D eigenvalue weighted by Gasteiger charge is 2.24. The third-order valence-electron chi connectivity index (χ3n) is 3.10. The Morgan fingerprint density at radius 3 is 3.00 bits per heavy atom. The molecule has 6 nitrogen and oxygen atoms in total. The van der Waals surface area contributed by atoms with Crippen LogP contribution in [0.2, 0.25) is 0 Å². The maximum Gasteiger partial charge on any atom is 0.295 e. The molecule has 1 amide bonds. The first-order chi connectivity index (χ1) is 8.70. The van der Waals surface area contributed by atoms with Gasteiger partial charge in [-0.1, -0.05) is 12.1 Å². The van der Waals surface area contributed by atoms with Crippen molar-refractivity contribution < 1.29 is 9.32 Å². The van der Waals surface area contributed by atoms with E-state index < -0.39 is 0 Å². The summed E-state index contributed by atoms with van der Waals surface area (Å²) in [7, 11) is 0. The Balaban J connectivity index is 2.01. The second-order valence-electron chi connectivity index (χ2n) is 4.68. The maximum absolute atomic E-state index is 12.2. The number of amides is 1. The molecule has 1 aliphatic rings. The van der Waals surface area contributed by atoms with Crippen molar-refractivity contribution >= 4 is 5.91 Å². The molecule has 6 heteroatoms. The molecule has 1 aromatic heterocycles. The first-order valence-corrected chi connectivity index (χ1v) is 6.53. The van der Waals surface area contributed by atoms with E-state index in [9.17, 15) is 4.79 Å². The largest absolute Gasteiger partial charge is 0.339 e. The lowest BCUT2D eigenvalue weighted by atomic mass is 10.2. The summed E-state index contributed by atoms with van der Waals surface area (Å²) < 4.78 is 4.86. The molecule has 0 aliphatic carbocycles. The molecule has 0 bridgehead atoms. The van der Waals surface area contributed by atoms with Crippen molar-refractivity contribution in [2.75, 3.05) is 19.6 Å². The molecule has 2 rings (SSSR count). The van der Waals surface area contributed by atoms with E-state index in [1.807, 2.05) is 4.90 Å². The second kappa shape index (κ2) is 5.95. The minimum absolute atomic E-state index is 0.137. The normalized spacial score (nSPS) is 19.1. The standard InChI is InChI=1S/C12H20N4O2/c1-3-7-16(8-10-5-4-6-13-10)12(17)11-14-9(2)18-15-11/h10,13H,3-8H2,1-2H3. The number of rotatable bonds is 5. The van der Waals surface area contributed by atoms with Crippen molar-refractivity contribution in [1.29, 1.82) is 0 Å². The van der Waals surface area contributed by atoms with Crippen LogP contribution in [0.1, 0.15) is 42.7 Å². The number of aromatic nitrogens is 2. The summed E-state index contributed by atoms with van der Waals surface area (Å²) in [5.74, 6) is 0.454. The van der Waals surface area contributed by atoms with Gasteiger partial charge in [-0.25, -0.2) is 0 Å². The van der Waals surface area contributed by atoms with Crippen LogP contribution in [-0.4, -0.2) is 46.6 Å². The predicted octanol–water partition coefficient (Wildman–Crippen LogP) is 0.982. The molecule has 1 aromatic rings. The van der Waals surface area contributed by atoms with E-state index in [0.29, 0.717) is 11.9 Å². The van der Waals surface area contributed by atoms with Crippen LogP contribution < -0.4 is 5.32 Å². The summed E-state index contributed by atoms with van der Waals surface area (Å²) in [5, 5.41) is 7.09. The van der Waals surface area contributed by atoms with Gasteiger partial charge in [0.05, 0.1) is 0 Å². The molecule has 0 radical (unpaired) electrons. The predicted molar refractivity (Wildman–Crippen MR) is 66.3 cm³/mol. The Labute approximate surface area is 107 Å². The Hall–Kier alpha value is -1.43. The zero-order valence-electron chi connectivity index (χ0n) is 11.0. The molecule has 1 fully saturated rings. The molecule has 1 saturated heterocycles. The number of carbonyl (C=O) groups excluding carboxylic acids is 1. The van der Waals surface area contributed by atoms with Crippen LogP contribution in [0.15, 0.2) is 4.52 Å². The van der Waals surface area contributed by atoms with Crippen molar-refractivity contribution in [1.82, 2.24) is 20.4 Å². The quantitative estimate of drug-likeness (QED) is 0.846. The third-order valence-corrected chi connectivity index (χ3v) is 3.10. The van der Waals surface area contributed by atoms with Crippen LogP contribution in [0.5, 0.6) is 0 Å². The Morgan fingerprint density at radius 2 is 2.44 bits per heavy atom. The average molecular weight is 252 g/mol. The van der Waals surface area contributed by atoms with E-state index in [1.165, 1.54) is 6.42 Å². The number of nitrogens with one attached hydrogen (secondary N) is 1. The lowest BCUT2D eigenvalue weighted by Gasteiger charge is -2.24. The lowest BCUT2D eigenvalue weighted by molar-refractivity contribution is 0.0726. The minimum atomic E-state index is -0.137. The molecule has 1 aliphatic heterocycles.